The first-order valence-corrected chi connectivity index (χ1v) is 3.72. The quantitative estimate of drug-likeness (QED) is 0.481. The van der Waals surface area contributed by atoms with E-state index in [9.17, 15) is 0 Å². The zero-order valence-electron chi connectivity index (χ0n) is 6.35. The zero-order chi connectivity index (χ0) is 7.40. The van der Waals surface area contributed by atoms with Crippen LogP contribution in [0.25, 0.3) is 0 Å². The van der Waals surface area contributed by atoms with E-state index in [-0.39, 0.29) is 0 Å². The van der Waals surface area contributed by atoms with Gasteiger partial charge < -0.3 is 0 Å². The van der Waals surface area contributed by atoms with Gasteiger partial charge in [-0.1, -0.05) is 30.6 Å². The molecule has 0 unspecified atom stereocenters. The summed E-state index contributed by atoms with van der Waals surface area (Å²) in [6.07, 6.45) is 12.8. The van der Waals surface area contributed by atoms with Crippen LogP contribution in [0.2, 0.25) is 0 Å². The van der Waals surface area contributed by atoms with Crippen LogP contribution in [0.3, 0.4) is 0 Å². The van der Waals surface area contributed by atoms with Crippen molar-refractivity contribution in [2.24, 2.45) is 0 Å². The molecule has 0 heteroatoms. The molecule has 0 aromatic heterocycles. The summed E-state index contributed by atoms with van der Waals surface area (Å²) in [6.45, 7) is 2.18. The Hall–Kier alpha value is -0.960. The first kappa shape index (κ1) is 7.15. The van der Waals surface area contributed by atoms with Crippen LogP contribution in [0.15, 0.2) is 23.3 Å². The molecule has 10 heavy (non-hydrogen) atoms. The Morgan fingerprint density at radius 1 is 1.50 bits per heavy atom. The third-order valence-electron chi connectivity index (χ3n) is 1.88. The van der Waals surface area contributed by atoms with Crippen molar-refractivity contribution in [2.75, 3.05) is 0 Å². The lowest BCUT2D eigenvalue weighted by atomic mass is 9.97. The second kappa shape index (κ2) is 3.27. The molecule has 0 amide bonds. The highest BCUT2D eigenvalue weighted by Gasteiger charge is 2.01. The van der Waals surface area contributed by atoms with Gasteiger partial charge in [-0.3, -0.25) is 0 Å². The van der Waals surface area contributed by atoms with Crippen molar-refractivity contribution in [3.05, 3.63) is 23.3 Å². The lowest BCUT2D eigenvalue weighted by Crippen LogP contribution is -1.89. The van der Waals surface area contributed by atoms with Crippen LogP contribution in [0, 0.1) is 12.3 Å². The normalized spacial score (nSPS) is 17.2. The third kappa shape index (κ3) is 1.51. The number of rotatable bonds is 1. The zero-order valence-corrected chi connectivity index (χ0v) is 6.35. The predicted octanol–water partition coefficient (Wildman–Crippen LogP) is 2.68. The molecule has 0 radical (unpaired) electrons. The summed E-state index contributed by atoms with van der Waals surface area (Å²) in [7, 11) is 0. The van der Waals surface area contributed by atoms with E-state index in [2.05, 4.69) is 25.0 Å². The van der Waals surface area contributed by atoms with Gasteiger partial charge >= 0.3 is 0 Å². The molecule has 0 aliphatic heterocycles. The standard InChI is InChI=1S/C10H12/c1-3-9-5-7-10(4-2)8-6-9/h1,5,7H,4,6,8H2,2H3. The van der Waals surface area contributed by atoms with Crippen LogP contribution >= 0.6 is 0 Å². The Labute approximate surface area is 62.6 Å². The Bertz CT molecular complexity index is 211. The highest BCUT2D eigenvalue weighted by molar-refractivity contribution is 5.34. The number of allylic oxidation sites excluding steroid dienone is 4. The minimum absolute atomic E-state index is 1.07. The van der Waals surface area contributed by atoms with Gasteiger partial charge in [0.05, 0.1) is 0 Å². The van der Waals surface area contributed by atoms with Crippen molar-refractivity contribution in [1.29, 1.82) is 0 Å². The van der Waals surface area contributed by atoms with E-state index >= 15 is 0 Å². The Morgan fingerprint density at radius 3 is 2.70 bits per heavy atom. The molecule has 0 nitrogen and oxygen atoms in total. The minimum atomic E-state index is 1.07. The molecule has 0 fully saturated rings. The van der Waals surface area contributed by atoms with E-state index in [0.717, 1.165) is 24.8 Å². The average molecular weight is 132 g/mol. The highest BCUT2D eigenvalue weighted by Crippen LogP contribution is 2.19. The maximum Gasteiger partial charge on any atom is 0.00207 e. The van der Waals surface area contributed by atoms with E-state index in [0.29, 0.717) is 0 Å². The smallest absolute Gasteiger partial charge is 0.00207 e. The molecule has 0 N–H and O–H groups in total. The van der Waals surface area contributed by atoms with Gasteiger partial charge in [0.1, 0.15) is 0 Å². The second-order valence-electron chi connectivity index (χ2n) is 2.51. The lowest BCUT2D eigenvalue weighted by molar-refractivity contribution is 0.877. The molecule has 0 saturated heterocycles. The fourth-order valence-electron chi connectivity index (χ4n) is 1.10. The third-order valence-corrected chi connectivity index (χ3v) is 1.88. The summed E-state index contributed by atoms with van der Waals surface area (Å²) in [5.74, 6) is 2.67. The predicted molar refractivity (Wildman–Crippen MR) is 44.5 cm³/mol. The van der Waals surface area contributed by atoms with E-state index in [4.69, 9.17) is 6.42 Å². The van der Waals surface area contributed by atoms with Crippen LogP contribution in [0.4, 0.5) is 0 Å². The fraction of sp³-hybridized carbons (Fsp3) is 0.400. The van der Waals surface area contributed by atoms with Gasteiger partial charge in [0.15, 0.2) is 0 Å². The van der Waals surface area contributed by atoms with Crippen molar-refractivity contribution in [3.63, 3.8) is 0 Å². The summed E-state index contributed by atoms with van der Waals surface area (Å²) in [6, 6.07) is 0. The molecule has 1 rings (SSSR count). The largest absolute Gasteiger partial charge is 0.115 e. The second-order valence-corrected chi connectivity index (χ2v) is 2.51. The van der Waals surface area contributed by atoms with Crippen molar-refractivity contribution in [3.8, 4) is 12.3 Å². The number of terminal acetylenes is 1. The monoisotopic (exact) mass is 132 g/mol. The maximum absolute atomic E-state index is 5.24. The number of hydrogen-bond donors (Lipinski definition) is 0. The van der Waals surface area contributed by atoms with Crippen LogP contribution in [0.5, 0.6) is 0 Å². The Balaban J connectivity index is 2.67. The topological polar surface area (TPSA) is 0 Å². The summed E-state index contributed by atoms with van der Waals surface area (Å²) < 4.78 is 0. The van der Waals surface area contributed by atoms with Gasteiger partial charge in [0.25, 0.3) is 0 Å². The average Bonchev–Trinajstić information content (AvgIpc) is 2.05. The Kier molecular flexibility index (Phi) is 2.34. The number of hydrogen-bond acceptors (Lipinski definition) is 0. The molecule has 0 spiro atoms. The first-order chi connectivity index (χ1) is 4.86. The van der Waals surface area contributed by atoms with Crippen molar-refractivity contribution in [2.45, 2.75) is 26.2 Å². The highest BCUT2D eigenvalue weighted by atomic mass is 14.1. The van der Waals surface area contributed by atoms with Gasteiger partial charge in [0.2, 0.25) is 0 Å². The van der Waals surface area contributed by atoms with Crippen molar-refractivity contribution in [1.82, 2.24) is 0 Å². The van der Waals surface area contributed by atoms with E-state index in [1.54, 1.807) is 0 Å². The molecule has 0 heterocycles. The molecule has 1 aliphatic rings. The van der Waals surface area contributed by atoms with Gasteiger partial charge in [-0.2, -0.15) is 0 Å². The van der Waals surface area contributed by atoms with Crippen molar-refractivity contribution >= 4 is 0 Å². The van der Waals surface area contributed by atoms with Crippen LogP contribution < -0.4 is 0 Å². The molecule has 0 bridgehead atoms. The van der Waals surface area contributed by atoms with Gasteiger partial charge in [-0.15, -0.1) is 6.42 Å². The molecular formula is C10H12. The summed E-state index contributed by atoms with van der Waals surface area (Å²) >= 11 is 0. The first-order valence-electron chi connectivity index (χ1n) is 3.72. The van der Waals surface area contributed by atoms with Gasteiger partial charge in [-0.05, 0) is 19.3 Å². The van der Waals surface area contributed by atoms with Crippen LogP contribution in [-0.2, 0) is 0 Å². The Morgan fingerprint density at radius 2 is 2.30 bits per heavy atom. The lowest BCUT2D eigenvalue weighted by Gasteiger charge is -2.08. The molecule has 0 aromatic carbocycles. The van der Waals surface area contributed by atoms with Crippen LogP contribution in [-0.4, -0.2) is 0 Å². The summed E-state index contributed by atoms with van der Waals surface area (Å²) in [5.41, 5.74) is 2.65. The van der Waals surface area contributed by atoms with E-state index in [1.807, 2.05) is 0 Å². The molecule has 52 valence electrons. The molecule has 1 aliphatic carbocycles. The van der Waals surface area contributed by atoms with Crippen molar-refractivity contribution < 1.29 is 0 Å². The summed E-state index contributed by atoms with van der Waals surface area (Å²) in [5, 5.41) is 0. The fourth-order valence-corrected chi connectivity index (χ4v) is 1.10. The van der Waals surface area contributed by atoms with Gasteiger partial charge in [-0.25, -0.2) is 0 Å². The van der Waals surface area contributed by atoms with E-state index in [1.165, 1.54) is 5.57 Å². The maximum atomic E-state index is 5.24. The molecular weight excluding hydrogens is 120 g/mol. The SMILES string of the molecule is C#CC1=CC=C(CC)CC1. The van der Waals surface area contributed by atoms with Gasteiger partial charge in [0, 0.05) is 5.57 Å². The minimum Gasteiger partial charge on any atom is -0.115 e. The molecule has 0 aromatic rings. The van der Waals surface area contributed by atoms with E-state index < -0.39 is 0 Å². The summed E-state index contributed by atoms with van der Waals surface area (Å²) in [4.78, 5) is 0. The van der Waals surface area contributed by atoms with Crippen LogP contribution in [0.1, 0.15) is 26.2 Å². The molecule has 0 atom stereocenters. The molecule has 0 saturated carbocycles.